The zero-order valence-corrected chi connectivity index (χ0v) is 15.8. The molecule has 2 heterocycles. The number of carbonyl (C=O) groups is 1. The predicted molar refractivity (Wildman–Crippen MR) is 101 cm³/mol. The van der Waals surface area contributed by atoms with E-state index in [-0.39, 0.29) is 16.8 Å². The van der Waals surface area contributed by atoms with Crippen LogP contribution < -0.4 is 9.46 Å². The quantitative estimate of drug-likeness (QED) is 0.765. The lowest BCUT2D eigenvalue weighted by Crippen LogP contribution is -2.46. The van der Waals surface area contributed by atoms with E-state index in [4.69, 9.17) is 9.15 Å². The fourth-order valence-electron chi connectivity index (χ4n) is 2.90. The van der Waals surface area contributed by atoms with Crippen molar-refractivity contribution in [1.82, 2.24) is 9.62 Å². The Kier molecular flexibility index (Phi) is 5.98. The van der Waals surface area contributed by atoms with Crippen LogP contribution in [0.5, 0.6) is 5.75 Å². The lowest BCUT2D eigenvalue weighted by atomic mass is 10.1. The molecule has 1 saturated heterocycles. The van der Waals surface area contributed by atoms with Crippen molar-refractivity contribution < 1.29 is 22.4 Å². The molecule has 1 fully saturated rings. The summed E-state index contributed by atoms with van der Waals surface area (Å²) in [4.78, 5) is 14.1. The number of furan rings is 1. The molecule has 27 heavy (non-hydrogen) atoms. The fourth-order valence-corrected chi connectivity index (χ4v) is 4.21. The van der Waals surface area contributed by atoms with Crippen LogP contribution in [0.2, 0.25) is 0 Å². The number of nitrogens with one attached hydrogen (secondary N) is 1. The molecule has 0 bridgehead atoms. The van der Waals surface area contributed by atoms with Crippen LogP contribution in [0.4, 0.5) is 0 Å². The Labute approximate surface area is 158 Å². The number of likely N-dealkylation sites (tertiary alicyclic amines) is 1. The Morgan fingerprint density at radius 1 is 1.22 bits per heavy atom. The molecule has 8 heteroatoms. The van der Waals surface area contributed by atoms with Gasteiger partial charge in [0.1, 0.15) is 11.5 Å². The number of carbonyl (C=O) groups excluding carboxylic acids is 1. The van der Waals surface area contributed by atoms with Gasteiger partial charge >= 0.3 is 0 Å². The molecular formula is C19H22N2O5S. The van der Waals surface area contributed by atoms with Crippen molar-refractivity contribution in [2.75, 3.05) is 20.2 Å². The number of benzene rings is 1. The smallest absolute Gasteiger partial charge is 0.246 e. The summed E-state index contributed by atoms with van der Waals surface area (Å²) >= 11 is 0. The SMILES string of the molecule is COc1ccc(S(=O)(=O)NC2CCN(C(=O)/C=C/c3ccco3)CC2)cc1. The van der Waals surface area contributed by atoms with Crippen LogP contribution in [0.1, 0.15) is 18.6 Å². The minimum atomic E-state index is -3.60. The van der Waals surface area contributed by atoms with E-state index in [1.807, 2.05) is 0 Å². The zero-order valence-electron chi connectivity index (χ0n) is 15.0. The molecule has 144 valence electrons. The van der Waals surface area contributed by atoms with Gasteiger partial charge in [-0.2, -0.15) is 0 Å². The molecule has 0 saturated carbocycles. The van der Waals surface area contributed by atoms with Crippen molar-refractivity contribution >= 4 is 22.0 Å². The van der Waals surface area contributed by atoms with Gasteiger partial charge in [-0.15, -0.1) is 0 Å². The van der Waals surface area contributed by atoms with Crippen molar-refractivity contribution in [1.29, 1.82) is 0 Å². The average molecular weight is 390 g/mol. The summed E-state index contributed by atoms with van der Waals surface area (Å²) in [6.07, 6.45) is 5.78. The lowest BCUT2D eigenvalue weighted by molar-refractivity contribution is -0.126. The molecule has 0 atom stereocenters. The molecule has 1 amide bonds. The van der Waals surface area contributed by atoms with Crippen LogP contribution in [-0.4, -0.2) is 45.5 Å². The zero-order chi connectivity index (χ0) is 19.3. The third-order valence-electron chi connectivity index (χ3n) is 4.43. The van der Waals surface area contributed by atoms with Gasteiger partial charge in [0, 0.05) is 25.2 Å². The first-order chi connectivity index (χ1) is 13.0. The molecule has 1 aromatic carbocycles. The third-order valence-corrected chi connectivity index (χ3v) is 5.97. The average Bonchev–Trinajstić information content (AvgIpc) is 3.20. The summed E-state index contributed by atoms with van der Waals surface area (Å²) in [7, 11) is -2.07. The van der Waals surface area contributed by atoms with E-state index in [9.17, 15) is 13.2 Å². The third kappa shape index (κ3) is 4.99. The van der Waals surface area contributed by atoms with Gasteiger partial charge < -0.3 is 14.1 Å². The first-order valence-corrected chi connectivity index (χ1v) is 10.1. The summed E-state index contributed by atoms with van der Waals surface area (Å²) in [5.74, 6) is 1.11. The van der Waals surface area contributed by atoms with Crippen molar-refractivity contribution in [3.63, 3.8) is 0 Å². The molecule has 0 unspecified atom stereocenters. The van der Waals surface area contributed by atoms with Crippen LogP contribution in [0.15, 0.2) is 58.1 Å². The molecule has 1 aliphatic rings. The normalized spacial score (nSPS) is 16.0. The molecule has 1 aromatic heterocycles. The summed E-state index contributed by atoms with van der Waals surface area (Å²) in [5.41, 5.74) is 0. The van der Waals surface area contributed by atoms with Crippen molar-refractivity contribution in [2.24, 2.45) is 0 Å². The number of rotatable bonds is 6. The number of nitrogens with zero attached hydrogens (tertiary/aromatic N) is 1. The summed E-state index contributed by atoms with van der Waals surface area (Å²) in [5, 5.41) is 0. The lowest BCUT2D eigenvalue weighted by Gasteiger charge is -2.31. The molecular weight excluding hydrogens is 368 g/mol. The highest BCUT2D eigenvalue weighted by atomic mass is 32.2. The standard InChI is InChI=1S/C19H22N2O5S/c1-25-16-4-7-18(8-5-16)27(23,24)20-15-10-12-21(13-11-15)19(22)9-6-17-3-2-14-26-17/h2-9,14-15,20H,10-13H2,1H3/b9-6+. The van der Waals surface area contributed by atoms with Gasteiger partial charge in [0.2, 0.25) is 15.9 Å². The van der Waals surface area contributed by atoms with E-state index in [1.165, 1.54) is 25.3 Å². The summed E-state index contributed by atoms with van der Waals surface area (Å²) in [6, 6.07) is 9.57. The van der Waals surface area contributed by atoms with Gasteiger partial charge in [-0.05, 0) is 55.3 Å². The Bertz CT molecular complexity index is 881. The highest BCUT2D eigenvalue weighted by Crippen LogP contribution is 2.18. The van der Waals surface area contributed by atoms with E-state index in [0.717, 1.165) is 0 Å². The maximum atomic E-state index is 12.5. The fraction of sp³-hybridized carbons (Fsp3) is 0.316. The molecule has 7 nitrogen and oxygen atoms in total. The van der Waals surface area contributed by atoms with E-state index in [1.54, 1.807) is 41.5 Å². The van der Waals surface area contributed by atoms with Crippen LogP contribution in [0.3, 0.4) is 0 Å². The first kappa shape index (κ1) is 19.2. The first-order valence-electron chi connectivity index (χ1n) is 8.65. The van der Waals surface area contributed by atoms with Crippen LogP contribution in [0.25, 0.3) is 6.08 Å². The number of piperidine rings is 1. The topological polar surface area (TPSA) is 88.9 Å². The second kappa shape index (κ2) is 8.41. The highest BCUT2D eigenvalue weighted by molar-refractivity contribution is 7.89. The van der Waals surface area contributed by atoms with Gasteiger partial charge in [-0.1, -0.05) is 0 Å². The number of sulfonamides is 1. The monoisotopic (exact) mass is 390 g/mol. The van der Waals surface area contributed by atoms with Gasteiger partial charge in [0.05, 0.1) is 18.3 Å². The number of ether oxygens (including phenoxy) is 1. The van der Waals surface area contributed by atoms with Crippen molar-refractivity contribution in [3.8, 4) is 5.75 Å². The summed E-state index contributed by atoms with van der Waals surface area (Å²) < 4.78 is 37.9. The summed E-state index contributed by atoms with van der Waals surface area (Å²) in [6.45, 7) is 0.994. The van der Waals surface area contributed by atoms with Gasteiger partial charge in [0.15, 0.2) is 0 Å². The van der Waals surface area contributed by atoms with Crippen LogP contribution in [-0.2, 0) is 14.8 Å². The number of hydrogen-bond acceptors (Lipinski definition) is 5. The highest BCUT2D eigenvalue weighted by Gasteiger charge is 2.26. The van der Waals surface area contributed by atoms with E-state index in [2.05, 4.69) is 4.72 Å². The number of amides is 1. The van der Waals surface area contributed by atoms with Gasteiger partial charge in [-0.25, -0.2) is 13.1 Å². The minimum absolute atomic E-state index is 0.108. The Balaban J connectivity index is 1.53. The number of hydrogen-bond donors (Lipinski definition) is 1. The molecule has 0 radical (unpaired) electrons. The van der Waals surface area contributed by atoms with Crippen molar-refractivity contribution in [2.45, 2.75) is 23.8 Å². The van der Waals surface area contributed by atoms with Crippen LogP contribution in [0, 0.1) is 0 Å². The second-order valence-electron chi connectivity index (χ2n) is 6.25. The van der Waals surface area contributed by atoms with E-state index >= 15 is 0 Å². The second-order valence-corrected chi connectivity index (χ2v) is 7.96. The molecule has 1 N–H and O–H groups in total. The Hall–Kier alpha value is -2.58. The van der Waals surface area contributed by atoms with Crippen molar-refractivity contribution in [3.05, 3.63) is 54.5 Å². The predicted octanol–water partition coefficient (Wildman–Crippen LogP) is 2.27. The van der Waals surface area contributed by atoms with Gasteiger partial charge in [-0.3, -0.25) is 4.79 Å². The largest absolute Gasteiger partial charge is 0.497 e. The Morgan fingerprint density at radius 3 is 2.52 bits per heavy atom. The van der Waals surface area contributed by atoms with Gasteiger partial charge in [0.25, 0.3) is 0 Å². The molecule has 3 rings (SSSR count). The molecule has 0 aliphatic carbocycles. The molecule has 1 aliphatic heterocycles. The Morgan fingerprint density at radius 2 is 1.93 bits per heavy atom. The van der Waals surface area contributed by atoms with E-state index in [0.29, 0.717) is 37.4 Å². The maximum absolute atomic E-state index is 12.5. The molecule has 2 aromatic rings. The minimum Gasteiger partial charge on any atom is -0.497 e. The van der Waals surface area contributed by atoms with E-state index < -0.39 is 10.0 Å². The number of methoxy groups -OCH3 is 1. The molecule has 0 spiro atoms. The maximum Gasteiger partial charge on any atom is 0.246 e. The van der Waals surface area contributed by atoms with Crippen LogP contribution >= 0.6 is 0 Å².